The van der Waals surface area contributed by atoms with E-state index >= 15 is 0 Å². The smallest absolute Gasteiger partial charge is 0.273 e. The van der Waals surface area contributed by atoms with Crippen molar-refractivity contribution in [2.45, 2.75) is 6.54 Å². The van der Waals surface area contributed by atoms with Gasteiger partial charge in [-0.3, -0.25) is 4.79 Å². The summed E-state index contributed by atoms with van der Waals surface area (Å²) in [4.78, 5) is 12.3. The zero-order valence-corrected chi connectivity index (χ0v) is 15.0. The number of carbonyl (C=O) groups is 1. The van der Waals surface area contributed by atoms with Gasteiger partial charge in [0.2, 0.25) is 0 Å². The predicted molar refractivity (Wildman–Crippen MR) is 97.7 cm³/mol. The summed E-state index contributed by atoms with van der Waals surface area (Å²) in [5, 5.41) is 7.24. The van der Waals surface area contributed by atoms with Crippen molar-refractivity contribution < 1.29 is 18.8 Å². The van der Waals surface area contributed by atoms with Crippen LogP contribution in [0.25, 0.3) is 11.3 Å². The number of nitrogens with one attached hydrogen (secondary N) is 1. The minimum atomic E-state index is -0.346. The third kappa shape index (κ3) is 3.97. The zero-order valence-electron chi connectivity index (χ0n) is 14.3. The van der Waals surface area contributed by atoms with Crippen molar-refractivity contribution in [3.05, 3.63) is 64.8 Å². The normalized spacial score (nSPS) is 10.4. The second-order valence-electron chi connectivity index (χ2n) is 5.46. The van der Waals surface area contributed by atoms with Crippen LogP contribution < -0.4 is 14.8 Å². The molecule has 3 aromatic rings. The Kier molecular flexibility index (Phi) is 5.43. The van der Waals surface area contributed by atoms with Gasteiger partial charge in [0.1, 0.15) is 11.5 Å². The summed E-state index contributed by atoms with van der Waals surface area (Å²) < 4.78 is 15.9. The number of hydrogen-bond acceptors (Lipinski definition) is 5. The molecular weight excluding hydrogens is 356 g/mol. The van der Waals surface area contributed by atoms with Crippen LogP contribution in [0, 0.1) is 0 Å². The van der Waals surface area contributed by atoms with Crippen molar-refractivity contribution >= 4 is 17.5 Å². The zero-order chi connectivity index (χ0) is 18.5. The van der Waals surface area contributed by atoms with Crippen LogP contribution in [0.3, 0.4) is 0 Å². The number of rotatable bonds is 6. The molecule has 0 saturated heterocycles. The summed E-state index contributed by atoms with van der Waals surface area (Å²) >= 11 is 5.94. The van der Waals surface area contributed by atoms with E-state index in [4.69, 9.17) is 25.6 Å². The fourth-order valence-corrected chi connectivity index (χ4v) is 2.65. The Balaban J connectivity index is 1.76. The number of amides is 1. The van der Waals surface area contributed by atoms with E-state index in [2.05, 4.69) is 10.5 Å². The number of nitrogens with zero attached hydrogens (tertiary/aromatic N) is 1. The molecule has 7 heteroatoms. The van der Waals surface area contributed by atoms with Gasteiger partial charge in [-0.05, 0) is 35.9 Å². The number of methoxy groups -OCH3 is 2. The first-order valence-corrected chi connectivity index (χ1v) is 8.20. The number of hydrogen-bond donors (Lipinski definition) is 1. The van der Waals surface area contributed by atoms with Gasteiger partial charge in [0, 0.05) is 17.6 Å². The van der Waals surface area contributed by atoms with Gasteiger partial charge in [-0.1, -0.05) is 28.9 Å². The second kappa shape index (κ2) is 7.93. The number of carbonyl (C=O) groups excluding carboxylic acids is 1. The summed E-state index contributed by atoms with van der Waals surface area (Å²) in [6.45, 7) is 0.337. The van der Waals surface area contributed by atoms with E-state index in [1.54, 1.807) is 50.6 Å². The molecule has 0 atom stereocenters. The molecule has 2 aromatic carbocycles. The molecule has 0 saturated carbocycles. The Hall–Kier alpha value is -2.99. The third-order valence-electron chi connectivity index (χ3n) is 3.76. The van der Waals surface area contributed by atoms with Crippen LogP contribution in [0.1, 0.15) is 16.1 Å². The van der Waals surface area contributed by atoms with Crippen molar-refractivity contribution in [3.8, 4) is 22.8 Å². The van der Waals surface area contributed by atoms with E-state index in [1.807, 2.05) is 12.1 Å². The van der Waals surface area contributed by atoms with Crippen LogP contribution in [-0.2, 0) is 6.54 Å². The highest BCUT2D eigenvalue weighted by Gasteiger charge is 2.17. The average Bonchev–Trinajstić information content (AvgIpc) is 3.15. The van der Waals surface area contributed by atoms with E-state index < -0.39 is 0 Å². The molecule has 0 radical (unpaired) electrons. The van der Waals surface area contributed by atoms with Gasteiger partial charge in [-0.15, -0.1) is 0 Å². The molecule has 26 heavy (non-hydrogen) atoms. The molecule has 0 unspecified atom stereocenters. The van der Waals surface area contributed by atoms with Gasteiger partial charge in [0.05, 0.1) is 19.8 Å². The Labute approximate surface area is 155 Å². The maximum Gasteiger partial charge on any atom is 0.273 e. The second-order valence-corrected chi connectivity index (χ2v) is 5.89. The molecule has 1 heterocycles. The van der Waals surface area contributed by atoms with Gasteiger partial charge in [-0.2, -0.15) is 0 Å². The summed E-state index contributed by atoms with van der Waals surface area (Å²) in [7, 11) is 3.13. The van der Waals surface area contributed by atoms with E-state index in [-0.39, 0.29) is 11.6 Å². The van der Waals surface area contributed by atoms with E-state index in [0.29, 0.717) is 34.4 Å². The molecule has 1 aromatic heterocycles. The van der Waals surface area contributed by atoms with Gasteiger partial charge in [-0.25, -0.2) is 0 Å². The van der Waals surface area contributed by atoms with Crippen LogP contribution >= 0.6 is 11.6 Å². The maximum atomic E-state index is 12.3. The molecule has 1 amide bonds. The Morgan fingerprint density at radius 1 is 1.15 bits per heavy atom. The standard InChI is InChI=1S/C19H17ClN2O4/c1-24-14-6-7-17(25-2)15(9-14)18-10-16(22-26-18)19(23)21-11-12-4-3-5-13(20)8-12/h3-10H,11H2,1-2H3,(H,21,23). The summed E-state index contributed by atoms with van der Waals surface area (Å²) in [6, 6.07) is 14.1. The van der Waals surface area contributed by atoms with Crippen LogP contribution in [-0.4, -0.2) is 25.3 Å². The van der Waals surface area contributed by atoms with E-state index in [1.165, 1.54) is 0 Å². The molecule has 0 fully saturated rings. The van der Waals surface area contributed by atoms with Gasteiger partial charge in [0.15, 0.2) is 11.5 Å². The Morgan fingerprint density at radius 3 is 2.73 bits per heavy atom. The quantitative estimate of drug-likeness (QED) is 0.709. The van der Waals surface area contributed by atoms with Gasteiger partial charge < -0.3 is 19.3 Å². The number of benzene rings is 2. The fraction of sp³-hybridized carbons (Fsp3) is 0.158. The molecule has 0 aliphatic heterocycles. The number of halogens is 1. The van der Waals surface area contributed by atoms with Crippen LogP contribution in [0.5, 0.6) is 11.5 Å². The average molecular weight is 373 g/mol. The van der Waals surface area contributed by atoms with Crippen LogP contribution in [0.15, 0.2) is 53.1 Å². The van der Waals surface area contributed by atoms with E-state index in [9.17, 15) is 4.79 Å². The largest absolute Gasteiger partial charge is 0.497 e. The minimum Gasteiger partial charge on any atom is -0.497 e. The lowest BCUT2D eigenvalue weighted by molar-refractivity contribution is 0.0942. The number of aromatic nitrogens is 1. The highest BCUT2D eigenvalue weighted by atomic mass is 35.5. The fourth-order valence-electron chi connectivity index (χ4n) is 2.44. The van der Waals surface area contributed by atoms with Crippen molar-refractivity contribution in [1.29, 1.82) is 0 Å². The first-order chi connectivity index (χ1) is 12.6. The summed E-state index contributed by atoms with van der Waals surface area (Å²) in [5.41, 5.74) is 1.71. The first-order valence-electron chi connectivity index (χ1n) is 7.82. The first kappa shape index (κ1) is 17.8. The molecule has 1 N–H and O–H groups in total. The Bertz CT molecular complexity index is 923. The molecular formula is C19H17ClN2O4. The highest BCUT2D eigenvalue weighted by Crippen LogP contribution is 2.33. The van der Waals surface area contributed by atoms with Crippen LogP contribution in [0.4, 0.5) is 0 Å². The van der Waals surface area contributed by atoms with Gasteiger partial charge >= 0.3 is 0 Å². The lowest BCUT2D eigenvalue weighted by atomic mass is 10.1. The SMILES string of the molecule is COc1ccc(OC)c(-c2cc(C(=O)NCc3cccc(Cl)c3)no2)c1. The molecule has 6 nitrogen and oxygen atoms in total. The van der Waals surface area contributed by atoms with Crippen molar-refractivity contribution in [2.24, 2.45) is 0 Å². The predicted octanol–water partition coefficient (Wildman–Crippen LogP) is 3.94. The lowest BCUT2D eigenvalue weighted by Crippen LogP contribution is -2.22. The van der Waals surface area contributed by atoms with Gasteiger partial charge in [0.25, 0.3) is 5.91 Å². The van der Waals surface area contributed by atoms with Crippen molar-refractivity contribution in [3.63, 3.8) is 0 Å². The Morgan fingerprint density at radius 2 is 2.00 bits per heavy atom. The van der Waals surface area contributed by atoms with E-state index in [0.717, 1.165) is 5.56 Å². The topological polar surface area (TPSA) is 73.6 Å². The van der Waals surface area contributed by atoms with Crippen molar-refractivity contribution in [2.75, 3.05) is 14.2 Å². The summed E-state index contributed by atoms with van der Waals surface area (Å²) in [5.74, 6) is 1.30. The summed E-state index contributed by atoms with van der Waals surface area (Å²) in [6.07, 6.45) is 0. The molecule has 0 aliphatic carbocycles. The molecule has 134 valence electrons. The monoisotopic (exact) mass is 372 g/mol. The molecule has 0 bridgehead atoms. The number of ether oxygens (including phenoxy) is 2. The molecule has 0 spiro atoms. The maximum absolute atomic E-state index is 12.3. The molecule has 0 aliphatic rings. The third-order valence-corrected chi connectivity index (χ3v) is 3.99. The van der Waals surface area contributed by atoms with Crippen LogP contribution in [0.2, 0.25) is 5.02 Å². The minimum absolute atomic E-state index is 0.173. The molecule has 3 rings (SSSR count). The highest BCUT2D eigenvalue weighted by molar-refractivity contribution is 6.30. The van der Waals surface area contributed by atoms with Crippen molar-refractivity contribution in [1.82, 2.24) is 10.5 Å². The lowest BCUT2D eigenvalue weighted by Gasteiger charge is -2.07.